The molecule has 54 valence electrons. The molecule has 0 aromatic heterocycles. The number of hydrogen-bond donors (Lipinski definition) is 0. The Morgan fingerprint density at radius 1 is 1.56 bits per heavy atom. The highest BCUT2D eigenvalue weighted by atomic mass is 32.2. The average Bonchev–Trinajstić information content (AvgIpc) is 1.80. The summed E-state index contributed by atoms with van der Waals surface area (Å²) in [7, 11) is 2.19. The zero-order valence-electron chi connectivity index (χ0n) is 5.72. The van der Waals surface area contributed by atoms with Gasteiger partial charge in [-0.25, -0.2) is 0 Å². The minimum absolute atomic E-state index is 0.221. The van der Waals surface area contributed by atoms with Crippen LogP contribution >= 0.6 is 21.0 Å². The minimum atomic E-state index is 0.221. The van der Waals surface area contributed by atoms with Crippen molar-refractivity contribution in [3.8, 4) is 0 Å². The monoisotopic (exact) mass is 164 g/mol. The van der Waals surface area contributed by atoms with Crippen LogP contribution in [0.15, 0.2) is 0 Å². The average molecular weight is 164 g/mol. The van der Waals surface area contributed by atoms with Crippen molar-refractivity contribution in [2.45, 2.75) is 19.8 Å². The summed E-state index contributed by atoms with van der Waals surface area (Å²) in [6.07, 6.45) is 1.91. The molecule has 0 heterocycles. The van der Waals surface area contributed by atoms with E-state index in [1.165, 1.54) is 12.2 Å². The first-order valence-electron chi connectivity index (χ1n) is 3.13. The lowest BCUT2D eigenvalue weighted by molar-refractivity contribution is -0.110. The third-order valence-corrected chi connectivity index (χ3v) is 2.32. The Hall–Kier alpha value is 0.450. The minimum Gasteiger partial charge on any atom is -0.295 e. The Morgan fingerprint density at radius 2 is 2.22 bits per heavy atom. The van der Waals surface area contributed by atoms with Crippen molar-refractivity contribution in [2.24, 2.45) is 0 Å². The normalized spacial score (nSPS) is 9.56. The summed E-state index contributed by atoms with van der Waals surface area (Å²) >= 11 is 1.85. The third kappa shape index (κ3) is 8.45. The van der Waals surface area contributed by atoms with Gasteiger partial charge in [-0.05, 0) is 12.2 Å². The van der Waals surface area contributed by atoms with Crippen LogP contribution in [-0.2, 0) is 4.79 Å². The molecular formula is C6H13OPS. The molecule has 9 heavy (non-hydrogen) atoms. The summed E-state index contributed by atoms with van der Waals surface area (Å²) < 4.78 is 0. The number of carbonyl (C=O) groups excluding carboxylic acids is 1. The van der Waals surface area contributed by atoms with Crippen molar-refractivity contribution in [2.75, 3.05) is 11.5 Å². The van der Waals surface area contributed by atoms with Crippen LogP contribution in [0.4, 0.5) is 0 Å². The predicted molar refractivity (Wildman–Crippen MR) is 47.0 cm³/mol. The van der Waals surface area contributed by atoms with E-state index in [-0.39, 0.29) is 5.52 Å². The molecule has 0 spiro atoms. The molecule has 0 aliphatic heterocycles. The van der Waals surface area contributed by atoms with Gasteiger partial charge in [0.2, 0.25) is 0 Å². The Bertz CT molecular complexity index is 85.1. The second-order valence-corrected chi connectivity index (χ2v) is 3.70. The second-order valence-electron chi connectivity index (χ2n) is 1.83. The summed E-state index contributed by atoms with van der Waals surface area (Å²) in [6.45, 7) is 2.15. The molecule has 3 heteroatoms. The maximum Gasteiger partial charge on any atom is 0.149 e. The molecule has 0 saturated carbocycles. The summed E-state index contributed by atoms with van der Waals surface area (Å²) in [4.78, 5) is 10.4. The number of carbonyl (C=O) groups is 1. The molecule has 0 aliphatic rings. The van der Waals surface area contributed by atoms with Crippen molar-refractivity contribution in [1.82, 2.24) is 0 Å². The highest BCUT2D eigenvalue weighted by Crippen LogP contribution is 2.05. The second kappa shape index (κ2) is 6.57. The first kappa shape index (κ1) is 9.45. The molecule has 1 nitrogen and oxygen atoms in total. The topological polar surface area (TPSA) is 17.1 Å². The molecule has 0 rings (SSSR count). The van der Waals surface area contributed by atoms with Crippen LogP contribution in [0.25, 0.3) is 0 Å². The molecule has 0 radical (unpaired) electrons. The van der Waals surface area contributed by atoms with Gasteiger partial charge in [0.05, 0.1) is 0 Å². The number of hydrogen-bond acceptors (Lipinski definition) is 2. The van der Waals surface area contributed by atoms with E-state index in [4.69, 9.17) is 0 Å². The van der Waals surface area contributed by atoms with E-state index < -0.39 is 0 Å². The fraction of sp³-hybridized carbons (Fsp3) is 0.833. The highest BCUT2D eigenvalue weighted by molar-refractivity contribution is 7.99. The molecule has 0 aromatic rings. The quantitative estimate of drug-likeness (QED) is 0.456. The zero-order chi connectivity index (χ0) is 7.11. The zero-order valence-corrected chi connectivity index (χ0v) is 7.69. The fourth-order valence-electron chi connectivity index (χ4n) is 0.419. The van der Waals surface area contributed by atoms with Crippen molar-refractivity contribution in [1.29, 1.82) is 0 Å². The first-order chi connectivity index (χ1) is 4.27. The van der Waals surface area contributed by atoms with Crippen molar-refractivity contribution >= 4 is 26.5 Å². The van der Waals surface area contributed by atoms with Gasteiger partial charge in [0.15, 0.2) is 0 Å². The van der Waals surface area contributed by atoms with E-state index in [1.54, 1.807) is 0 Å². The van der Waals surface area contributed by atoms with Gasteiger partial charge in [0.1, 0.15) is 5.52 Å². The number of thioether (sulfide) groups is 1. The van der Waals surface area contributed by atoms with E-state index >= 15 is 0 Å². The third-order valence-electron chi connectivity index (χ3n) is 0.841. The van der Waals surface area contributed by atoms with Gasteiger partial charge in [-0.1, -0.05) is 16.2 Å². The lowest BCUT2D eigenvalue weighted by atomic mass is 10.5. The van der Waals surface area contributed by atoms with Gasteiger partial charge in [0.25, 0.3) is 0 Å². The lowest BCUT2D eigenvalue weighted by Gasteiger charge is -1.94. The smallest absolute Gasteiger partial charge is 0.149 e. The van der Waals surface area contributed by atoms with Gasteiger partial charge in [-0.2, -0.15) is 11.8 Å². The molecule has 0 amide bonds. The van der Waals surface area contributed by atoms with E-state index in [9.17, 15) is 4.79 Å². The Labute approximate surface area is 63.2 Å². The van der Waals surface area contributed by atoms with Gasteiger partial charge < -0.3 is 0 Å². The largest absolute Gasteiger partial charge is 0.295 e. The Morgan fingerprint density at radius 3 is 2.67 bits per heavy atom. The number of rotatable bonds is 5. The van der Waals surface area contributed by atoms with Crippen LogP contribution < -0.4 is 0 Å². The van der Waals surface area contributed by atoms with E-state index in [0.717, 1.165) is 5.75 Å². The van der Waals surface area contributed by atoms with E-state index in [0.29, 0.717) is 6.42 Å². The van der Waals surface area contributed by atoms with Gasteiger partial charge in [-0.15, -0.1) is 0 Å². The molecule has 0 aliphatic carbocycles. The van der Waals surface area contributed by atoms with Crippen molar-refractivity contribution in [3.63, 3.8) is 0 Å². The van der Waals surface area contributed by atoms with Gasteiger partial charge in [-0.3, -0.25) is 4.79 Å². The summed E-state index contributed by atoms with van der Waals surface area (Å²) in [5.41, 5.74) is 0.221. The molecule has 0 bridgehead atoms. The molecule has 0 N–H and O–H groups in total. The fourth-order valence-corrected chi connectivity index (χ4v) is 1.61. The molecule has 1 atom stereocenters. The van der Waals surface area contributed by atoms with Crippen molar-refractivity contribution in [3.05, 3.63) is 0 Å². The summed E-state index contributed by atoms with van der Waals surface area (Å²) in [5.74, 6) is 2.16. The lowest BCUT2D eigenvalue weighted by Crippen LogP contribution is -1.88. The van der Waals surface area contributed by atoms with Crippen LogP contribution in [0.1, 0.15) is 19.8 Å². The maximum atomic E-state index is 10.4. The van der Waals surface area contributed by atoms with E-state index in [1.807, 2.05) is 11.8 Å². The van der Waals surface area contributed by atoms with Crippen LogP contribution in [0.3, 0.4) is 0 Å². The standard InChI is InChI=1S/C6H13OPS/c1-2-4-9-5-3-6(7)8/h2-5,8H2,1H3. The Kier molecular flexibility index (Phi) is 6.90. The summed E-state index contributed by atoms with van der Waals surface area (Å²) in [5, 5.41) is 0. The van der Waals surface area contributed by atoms with Crippen LogP contribution in [0.5, 0.6) is 0 Å². The molecule has 0 aromatic carbocycles. The SMILES string of the molecule is CCCSCCC(=O)P. The van der Waals surface area contributed by atoms with Crippen LogP contribution in [0, 0.1) is 0 Å². The van der Waals surface area contributed by atoms with Crippen molar-refractivity contribution < 1.29 is 4.79 Å². The first-order valence-corrected chi connectivity index (χ1v) is 4.86. The summed E-state index contributed by atoms with van der Waals surface area (Å²) in [6, 6.07) is 0. The molecule has 1 unspecified atom stereocenters. The molecule has 0 fully saturated rings. The van der Waals surface area contributed by atoms with Gasteiger partial charge in [0, 0.05) is 12.2 Å². The Balaban J connectivity index is 2.83. The maximum absolute atomic E-state index is 10.4. The van der Waals surface area contributed by atoms with Crippen LogP contribution in [0.2, 0.25) is 0 Å². The van der Waals surface area contributed by atoms with Gasteiger partial charge >= 0.3 is 0 Å². The molecular weight excluding hydrogens is 151 g/mol. The highest BCUT2D eigenvalue weighted by Gasteiger charge is 1.91. The van der Waals surface area contributed by atoms with Crippen LogP contribution in [-0.4, -0.2) is 17.0 Å². The predicted octanol–water partition coefficient (Wildman–Crippen LogP) is 1.92. The molecule has 0 saturated heterocycles. The van der Waals surface area contributed by atoms with E-state index in [2.05, 4.69) is 16.2 Å².